The summed E-state index contributed by atoms with van der Waals surface area (Å²) in [6, 6.07) is 3.99. The molecule has 1 aromatic rings. The van der Waals surface area contributed by atoms with Gasteiger partial charge in [-0.05, 0) is 31.4 Å². The van der Waals surface area contributed by atoms with Crippen molar-refractivity contribution in [3.05, 3.63) is 29.6 Å². The van der Waals surface area contributed by atoms with Crippen LogP contribution >= 0.6 is 11.6 Å². The Morgan fingerprint density at radius 2 is 2.11 bits per heavy atom. The summed E-state index contributed by atoms with van der Waals surface area (Å²) >= 11 is 5.81. The predicted octanol–water partition coefficient (Wildman–Crippen LogP) is 3.26. The maximum absolute atomic E-state index is 12.5. The van der Waals surface area contributed by atoms with Gasteiger partial charge in [0.1, 0.15) is 5.69 Å². The van der Waals surface area contributed by atoms with Crippen LogP contribution in [0.25, 0.3) is 0 Å². The Hall–Kier alpha value is -1.09. The van der Waals surface area contributed by atoms with Crippen LogP contribution in [-0.2, 0) is 0 Å². The minimum absolute atomic E-state index is 0.0116. The van der Waals surface area contributed by atoms with Crippen molar-refractivity contribution in [3.63, 3.8) is 0 Å². The summed E-state index contributed by atoms with van der Waals surface area (Å²) in [5, 5.41) is 0. The number of hydrogen-bond donors (Lipinski definition) is 0. The number of nitrogens with zero attached hydrogens (tertiary/aromatic N) is 2. The lowest BCUT2D eigenvalue weighted by molar-refractivity contribution is 0.0674. The van der Waals surface area contributed by atoms with Crippen LogP contribution in [0.15, 0.2) is 18.3 Å². The number of carbonyl (C=O) groups is 1. The summed E-state index contributed by atoms with van der Waals surface area (Å²) in [4.78, 5) is 18.6. The van der Waals surface area contributed by atoms with E-state index in [0.717, 1.165) is 18.4 Å². The Kier molecular flexibility index (Phi) is 6.13. The number of pyridine rings is 1. The minimum atomic E-state index is -0.0116. The number of alkyl halides is 1. The van der Waals surface area contributed by atoms with E-state index in [1.807, 2.05) is 24.0 Å². The second kappa shape index (κ2) is 7.37. The maximum Gasteiger partial charge on any atom is 0.273 e. The van der Waals surface area contributed by atoms with Crippen molar-refractivity contribution >= 4 is 17.5 Å². The summed E-state index contributed by atoms with van der Waals surface area (Å²) in [6.07, 6.45) is 3.53. The quantitative estimate of drug-likeness (QED) is 0.742. The number of amides is 1. The van der Waals surface area contributed by atoms with Gasteiger partial charge in [-0.1, -0.05) is 19.9 Å². The second-order valence-electron chi connectivity index (χ2n) is 4.33. The van der Waals surface area contributed by atoms with Gasteiger partial charge in [0.05, 0.1) is 0 Å². The van der Waals surface area contributed by atoms with Gasteiger partial charge in [0.15, 0.2) is 0 Å². The van der Waals surface area contributed by atoms with E-state index in [-0.39, 0.29) is 11.9 Å². The Balaban J connectivity index is 2.99. The van der Waals surface area contributed by atoms with Crippen LogP contribution in [0.4, 0.5) is 0 Å². The second-order valence-corrected chi connectivity index (χ2v) is 4.70. The van der Waals surface area contributed by atoms with E-state index < -0.39 is 0 Å². The zero-order valence-corrected chi connectivity index (χ0v) is 12.1. The molecule has 3 nitrogen and oxygen atoms in total. The van der Waals surface area contributed by atoms with E-state index in [4.69, 9.17) is 11.6 Å². The molecule has 1 rings (SSSR count). The molecule has 0 aliphatic carbocycles. The molecule has 1 heterocycles. The van der Waals surface area contributed by atoms with Crippen molar-refractivity contribution in [3.8, 4) is 0 Å². The highest BCUT2D eigenvalue weighted by Gasteiger charge is 2.23. The highest BCUT2D eigenvalue weighted by Crippen LogP contribution is 2.14. The highest BCUT2D eigenvalue weighted by molar-refractivity contribution is 6.18. The summed E-state index contributed by atoms with van der Waals surface area (Å²) in [7, 11) is 0. The van der Waals surface area contributed by atoms with Crippen LogP contribution in [0.5, 0.6) is 0 Å². The average molecular weight is 269 g/mol. The Morgan fingerprint density at radius 1 is 1.44 bits per heavy atom. The SMILES string of the molecule is CCC(CC)N(CCCl)C(=O)c1ncccc1C. The first-order valence-corrected chi connectivity index (χ1v) is 6.97. The molecule has 18 heavy (non-hydrogen) atoms. The maximum atomic E-state index is 12.5. The molecule has 0 aliphatic heterocycles. The van der Waals surface area contributed by atoms with E-state index in [0.29, 0.717) is 18.1 Å². The fourth-order valence-electron chi connectivity index (χ4n) is 2.12. The Bertz CT molecular complexity index is 391. The molecule has 0 unspecified atom stereocenters. The number of aryl methyl sites for hydroxylation is 1. The van der Waals surface area contributed by atoms with Crippen molar-refractivity contribution in [2.24, 2.45) is 0 Å². The van der Waals surface area contributed by atoms with Crippen LogP contribution in [0.1, 0.15) is 42.7 Å². The molecule has 0 saturated carbocycles. The molecular weight excluding hydrogens is 248 g/mol. The summed E-state index contributed by atoms with van der Waals surface area (Å²) in [6.45, 7) is 6.66. The van der Waals surface area contributed by atoms with E-state index in [9.17, 15) is 4.79 Å². The molecule has 1 amide bonds. The van der Waals surface area contributed by atoms with Gasteiger partial charge in [-0.15, -0.1) is 11.6 Å². The van der Waals surface area contributed by atoms with Gasteiger partial charge in [0.2, 0.25) is 0 Å². The van der Waals surface area contributed by atoms with E-state index in [1.165, 1.54) is 0 Å². The van der Waals surface area contributed by atoms with Crippen molar-refractivity contribution in [2.45, 2.75) is 39.7 Å². The van der Waals surface area contributed by atoms with Gasteiger partial charge in [-0.2, -0.15) is 0 Å². The average Bonchev–Trinajstić information content (AvgIpc) is 2.39. The smallest absolute Gasteiger partial charge is 0.273 e. The molecular formula is C14H21ClN2O. The standard InChI is InChI=1S/C14H21ClN2O/c1-4-12(5-2)17(10-8-15)14(18)13-11(3)7-6-9-16-13/h6-7,9,12H,4-5,8,10H2,1-3H3. The third-order valence-electron chi connectivity index (χ3n) is 3.18. The van der Waals surface area contributed by atoms with Crippen LogP contribution in [0, 0.1) is 6.92 Å². The third kappa shape index (κ3) is 3.45. The molecule has 0 spiro atoms. The van der Waals surface area contributed by atoms with Gasteiger partial charge in [0, 0.05) is 24.7 Å². The zero-order chi connectivity index (χ0) is 13.5. The highest BCUT2D eigenvalue weighted by atomic mass is 35.5. The molecule has 0 atom stereocenters. The molecule has 0 radical (unpaired) electrons. The van der Waals surface area contributed by atoms with Crippen molar-refractivity contribution in [1.29, 1.82) is 0 Å². The van der Waals surface area contributed by atoms with Gasteiger partial charge >= 0.3 is 0 Å². The lowest BCUT2D eigenvalue weighted by Crippen LogP contribution is -2.41. The van der Waals surface area contributed by atoms with Gasteiger partial charge in [-0.25, -0.2) is 0 Å². The Morgan fingerprint density at radius 3 is 2.61 bits per heavy atom. The fourth-order valence-corrected chi connectivity index (χ4v) is 2.30. The molecule has 0 bridgehead atoms. The number of carbonyl (C=O) groups excluding carboxylic acids is 1. The third-order valence-corrected chi connectivity index (χ3v) is 3.35. The molecule has 4 heteroatoms. The summed E-state index contributed by atoms with van der Waals surface area (Å²) in [5.74, 6) is 0.441. The molecule has 0 aliphatic rings. The van der Waals surface area contributed by atoms with Gasteiger partial charge < -0.3 is 4.90 Å². The predicted molar refractivity (Wildman–Crippen MR) is 75.1 cm³/mol. The molecule has 0 fully saturated rings. The molecule has 0 aromatic carbocycles. The number of halogens is 1. The molecule has 100 valence electrons. The first kappa shape index (κ1) is 15.0. The van der Waals surface area contributed by atoms with Crippen molar-refractivity contribution in [1.82, 2.24) is 9.88 Å². The fraction of sp³-hybridized carbons (Fsp3) is 0.571. The number of rotatable bonds is 6. The van der Waals surface area contributed by atoms with Gasteiger partial charge in [-0.3, -0.25) is 9.78 Å². The zero-order valence-electron chi connectivity index (χ0n) is 11.3. The Labute approximate surface area is 114 Å². The minimum Gasteiger partial charge on any atom is -0.333 e. The van der Waals surface area contributed by atoms with E-state index in [2.05, 4.69) is 18.8 Å². The van der Waals surface area contributed by atoms with Crippen LogP contribution < -0.4 is 0 Å². The lowest BCUT2D eigenvalue weighted by Gasteiger charge is -2.30. The van der Waals surface area contributed by atoms with Crippen LogP contribution in [0.2, 0.25) is 0 Å². The molecule has 0 N–H and O–H groups in total. The monoisotopic (exact) mass is 268 g/mol. The topological polar surface area (TPSA) is 33.2 Å². The van der Waals surface area contributed by atoms with Gasteiger partial charge in [0.25, 0.3) is 5.91 Å². The lowest BCUT2D eigenvalue weighted by atomic mass is 10.1. The van der Waals surface area contributed by atoms with E-state index >= 15 is 0 Å². The largest absolute Gasteiger partial charge is 0.333 e. The van der Waals surface area contributed by atoms with Crippen molar-refractivity contribution in [2.75, 3.05) is 12.4 Å². The number of aromatic nitrogens is 1. The van der Waals surface area contributed by atoms with E-state index in [1.54, 1.807) is 6.20 Å². The molecule has 0 saturated heterocycles. The summed E-state index contributed by atoms with van der Waals surface area (Å²) in [5.41, 5.74) is 1.45. The first-order chi connectivity index (χ1) is 8.65. The molecule has 1 aromatic heterocycles. The van der Waals surface area contributed by atoms with Crippen LogP contribution in [0.3, 0.4) is 0 Å². The number of hydrogen-bond acceptors (Lipinski definition) is 2. The normalized spacial score (nSPS) is 10.7. The van der Waals surface area contributed by atoms with Crippen molar-refractivity contribution < 1.29 is 4.79 Å². The summed E-state index contributed by atoms with van der Waals surface area (Å²) < 4.78 is 0. The van der Waals surface area contributed by atoms with Crippen LogP contribution in [-0.4, -0.2) is 34.3 Å². The first-order valence-electron chi connectivity index (χ1n) is 6.44.